The van der Waals surface area contributed by atoms with E-state index in [1.807, 2.05) is 43.4 Å². The molecule has 33 heavy (non-hydrogen) atoms. The van der Waals surface area contributed by atoms with Crippen molar-refractivity contribution in [2.24, 2.45) is 5.73 Å². The molecule has 0 spiro atoms. The predicted molar refractivity (Wildman–Crippen MR) is 132 cm³/mol. The number of primary amides is 1. The Morgan fingerprint density at radius 1 is 1.00 bits per heavy atom. The van der Waals surface area contributed by atoms with Crippen LogP contribution in [-0.2, 0) is 0 Å². The first kappa shape index (κ1) is 22.3. The molecule has 10 nitrogen and oxygen atoms in total. The van der Waals surface area contributed by atoms with E-state index in [2.05, 4.69) is 48.5 Å². The molecule has 0 aliphatic carbocycles. The molecule has 10 heteroatoms. The number of anilines is 6. The molecular weight excluding hydrogens is 418 g/mol. The van der Waals surface area contributed by atoms with Gasteiger partial charge in [-0.1, -0.05) is 0 Å². The number of rotatable bonds is 7. The molecule has 4 N–H and O–H groups in total. The maximum Gasteiger partial charge on any atom is 0.252 e. The molecule has 1 fully saturated rings. The third kappa shape index (κ3) is 5.29. The van der Waals surface area contributed by atoms with Gasteiger partial charge in [0, 0.05) is 58.7 Å². The summed E-state index contributed by atoms with van der Waals surface area (Å²) in [4.78, 5) is 31.8. The largest absolute Gasteiger partial charge is 0.375 e. The fourth-order valence-corrected chi connectivity index (χ4v) is 3.65. The molecule has 4 heterocycles. The van der Waals surface area contributed by atoms with Crippen LogP contribution in [0.3, 0.4) is 0 Å². The number of nitrogens with two attached hydrogens (primary N) is 1. The monoisotopic (exact) mass is 447 g/mol. The smallest absolute Gasteiger partial charge is 0.252 e. The van der Waals surface area contributed by atoms with Crippen LogP contribution in [-0.4, -0.2) is 73.1 Å². The summed E-state index contributed by atoms with van der Waals surface area (Å²) >= 11 is 0. The van der Waals surface area contributed by atoms with E-state index in [1.54, 1.807) is 12.3 Å². The maximum absolute atomic E-state index is 12.0. The zero-order chi connectivity index (χ0) is 23.4. The summed E-state index contributed by atoms with van der Waals surface area (Å²) < 4.78 is 0. The summed E-state index contributed by atoms with van der Waals surface area (Å²) in [5.41, 5.74) is 8.33. The Bertz CT molecular complexity index is 1110. The van der Waals surface area contributed by atoms with Crippen molar-refractivity contribution in [1.29, 1.82) is 0 Å². The van der Waals surface area contributed by atoms with Crippen LogP contribution in [0.25, 0.3) is 0 Å². The molecule has 1 aliphatic rings. The van der Waals surface area contributed by atoms with Gasteiger partial charge in [0.05, 0.1) is 28.8 Å². The standard InChI is InChI=1S/C23H29N9O/c1-30(2)19-5-4-8-25-23(19)28-18-13-21(27-15-17(18)22(24)33)29-20-7-6-16(14-26-20)32-11-9-31(3)10-12-32/h4-8,13-15H,9-12H2,1-3H3,(H2,24,33)(H2,25,26,27,28,29). The van der Waals surface area contributed by atoms with Crippen LogP contribution in [0.2, 0.25) is 0 Å². The number of amides is 1. The van der Waals surface area contributed by atoms with Crippen molar-refractivity contribution in [1.82, 2.24) is 19.9 Å². The van der Waals surface area contributed by atoms with Crippen molar-refractivity contribution >= 4 is 40.4 Å². The van der Waals surface area contributed by atoms with E-state index < -0.39 is 5.91 Å². The SMILES string of the molecule is CN1CCN(c2ccc(Nc3cc(Nc4ncccc4N(C)C)c(C(N)=O)cn3)nc2)CC1. The van der Waals surface area contributed by atoms with Gasteiger partial charge in [-0.3, -0.25) is 4.79 Å². The third-order valence-electron chi connectivity index (χ3n) is 5.56. The van der Waals surface area contributed by atoms with E-state index in [1.165, 1.54) is 6.20 Å². The Morgan fingerprint density at radius 3 is 2.42 bits per heavy atom. The number of likely N-dealkylation sites (N-methyl/N-ethyl adjacent to an activating group) is 1. The van der Waals surface area contributed by atoms with E-state index >= 15 is 0 Å². The van der Waals surface area contributed by atoms with Crippen LogP contribution in [0, 0.1) is 0 Å². The van der Waals surface area contributed by atoms with Gasteiger partial charge < -0.3 is 31.1 Å². The molecule has 4 rings (SSSR count). The third-order valence-corrected chi connectivity index (χ3v) is 5.56. The van der Waals surface area contributed by atoms with E-state index in [0.29, 0.717) is 23.1 Å². The van der Waals surface area contributed by atoms with Crippen molar-refractivity contribution in [2.75, 3.05) is 67.8 Å². The summed E-state index contributed by atoms with van der Waals surface area (Å²) in [6.45, 7) is 4.05. The summed E-state index contributed by atoms with van der Waals surface area (Å²) in [6.07, 6.45) is 5.00. The lowest BCUT2D eigenvalue weighted by Gasteiger charge is -2.33. The van der Waals surface area contributed by atoms with Crippen LogP contribution in [0.15, 0.2) is 48.9 Å². The molecule has 1 aliphatic heterocycles. The van der Waals surface area contributed by atoms with E-state index in [-0.39, 0.29) is 5.56 Å². The first-order chi connectivity index (χ1) is 15.9. The minimum atomic E-state index is -0.575. The molecule has 0 saturated carbocycles. The molecule has 0 atom stereocenters. The van der Waals surface area contributed by atoms with Gasteiger partial charge in [-0.2, -0.15) is 0 Å². The number of nitrogens with one attached hydrogen (secondary N) is 2. The Morgan fingerprint density at radius 2 is 1.76 bits per heavy atom. The molecule has 172 valence electrons. The van der Waals surface area contributed by atoms with Gasteiger partial charge in [-0.25, -0.2) is 15.0 Å². The number of aromatic nitrogens is 3. The molecule has 3 aromatic rings. The first-order valence-electron chi connectivity index (χ1n) is 10.8. The van der Waals surface area contributed by atoms with Gasteiger partial charge in [0.2, 0.25) is 0 Å². The van der Waals surface area contributed by atoms with Crippen LogP contribution in [0.5, 0.6) is 0 Å². The zero-order valence-electron chi connectivity index (χ0n) is 19.1. The number of carbonyl (C=O) groups excluding carboxylic acids is 1. The van der Waals surface area contributed by atoms with Crippen molar-refractivity contribution in [2.45, 2.75) is 0 Å². The van der Waals surface area contributed by atoms with Crippen LogP contribution >= 0.6 is 0 Å². The van der Waals surface area contributed by atoms with Gasteiger partial charge in [-0.05, 0) is 31.3 Å². The van der Waals surface area contributed by atoms with Crippen molar-refractivity contribution in [3.63, 3.8) is 0 Å². The molecular formula is C23H29N9O. The molecule has 0 unspecified atom stereocenters. The topological polar surface area (TPSA) is 116 Å². The zero-order valence-corrected chi connectivity index (χ0v) is 19.1. The first-order valence-corrected chi connectivity index (χ1v) is 10.8. The minimum absolute atomic E-state index is 0.272. The Hall–Kier alpha value is -3.92. The summed E-state index contributed by atoms with van der Waals surface area (Å²) in [5, 5.41) is 6.42. The van der Waals surface area contributed by atoms with Gasteiger partial charge in [-0.15, -0.1) is 0 Å². The van der Waals surface area contributed by atoms with Crippen molar-refractivity contribution < 1.29 is 4.79 Å². The number of piperazine rings is 1. The lowest BCUT2D eigenvalue weighted by Crippen LogP contribution is -2.44. The summed E-state index contributed by atoms with van der Waals surface area (Å²) in [5.74, 6) is 1.22. The molecule has 1 saturated heterocycles. The molecule has 3 aromatic heterocycles. The van der Waals surface area contributed by atoms with Crippen molar-refractivity contribution in [3.8, 4) is 0 Å². The van der Waals surface area contributed by atoms with Gasteiger partial charge in [0.1, 0.15) is 11.6 Å². The van der Waals surface area contributed by atoms with Gasteiger partial charge in [0.25, 0.3) is 5.91 Å². The van der Waals surface area contributed by atoms with Crippen molar-refractivity contribution in [3.05, 3.63) is 54.5 Å². The lowest BCUT2D eigenvalue weighted by atomic mass is 10.2. The molecule has 1 amide bonds. The van der Waals surface area contributed by atoms with Crippen LogP contribution < -0.4 is 26.2 Å². The average Bonchev–Trinajstić information content (AvgIpc) is 2.80. The lowest BCUT2D eigenvalue weighted by molar-refractivity contribution is 0.100. The molecule has 0 aromatic carbocycles. The highest BCUT2D eigenvalue weighted by atomic mass is 16.1. The summed E-state index contributed by atoms with van der Waals surface area (Å²) in [6, 6.07) is 9.49. The Balaban J connectivity index is 1.54. The Kier molecular flexibility index (Phi) is 6.55. The highest BCUT2D eigenvalue weighted by Gasteiger charge is 2.16. The number of carbonyl (C=O) groups is 1. The fourth-order valence-electron chi connectivity index (χ4n) is 3.65. The molecule has 0 bridgehead atoms. The predicted octanol–water partition coefficient (Wildman–Crippen LogP) is 2.28. The van der Waals surface area contributed by atoms with Crippen LogP contribution in [0.4, 0.5) is 34.5 Å². The minimum Gasteiger partial charge on any atom is -0.375 e. The number of pyridine rings is 3. The second-order valence-corrected chi connectivity index (χ2v) is 8.19. The van der Waals surface area contributed by atoms with Gasteiger partial charge in [0.15, 0.2) is 5.82 Å². The quantitative estimate of drug-likeness (QED) is 0.502. The maximum atomic E-state index is 12.0. The van der Waals surface area contributed by atoms with E-state index in [0.717, 1.165) is 37.6 Å². The number of hydrogen-bond acceptors (Lipinski definition) is 9. The second kappa shape index (κ2) is 9.70. The van der Waals surface area contributed by atoms with E-state index in [9.17, 15) is 4.79 Å². The fraction of sp³-hybridized carbons (Fsp3) is 0.304. The average molecular weight is 448 g/mol. The highest BCUT2D eigenvalue weighted by Crippen LogP contribution is 2.28. The summed E-state index contributed by atoms with van der Waals surface area (Å²) in [7, 11) is 5.99. The number of nitrogens with zero attached hydrogens (tertiary/aromatic N) is 6. The second-order valence-electron chi connectivity index (χ2n) is 8.19. The van der Waals surface area contributed by atoms with E-state index in [4.69, 9.17) is 5.73 Å². The normalized spacial score (nSPS) is 14.1. The number of hydrogen-bond donors (Lipinski definition) is 3. The highest BCUT2D eigenvalue weighted by molar-refractivity contribution is 5.99. The molecule has 0 radical (unpaired) electrons. The van der Waals surface area contributed by atoms with Crippen LogP contribution in [0.1, 0.15) is 10.4 Å². The Labute approximate surface area is 193 Å². The van der Waals surface area contributed by atoms with Gasteiger partial charge >= 0.3 is 0 Å².